The lowest BCUT2D eigenvalue weighted by atomic mass is 10.1. The van der Waals surface area contributed by atoms with Gasteiger partial charge in [-0.1, -0.05) is 0 Å². The van der Waals surface area contributed by atoms with E-state index >= 15 is 0 Å². The number of nitrogens with two attached hydrogens (primary N) is 1. The molecule has 6 nitrogen and oxygen atoms in total. The molecular weight excluding hydrogens is 262 g/mol. The number of nitrogens with one attached hydrogen (secondary N) is 1. The number of hydrogen-bond donors (Lipinski definition) is 2. The summed E-state index contributed by atoms with van der Waals surface area (Å²) in [5.74, 6) is 1.18. The Morgan fingerprint density at radius 2 is 2.42 bits per heavy atom. The van der Waals surface area contributed by atoms with Crippen LogP contribution in [0, 0.1) is 5.92 Å². The number of thiophene rings is 1. The van der Waals surface area contributed by atoms with E-state index in [4.69, 9.17) is 5.73 Å². The van der Waals surface area contributed by atoms with Crippen LogP contribution in [-0.2, 0) is 4.79 Å². The van der Waals surface area contributed by atoms with Gasteiger partial charge in [0.15, 0.2) is 0 Å². The molecule has 1 atom stereocenters. The maximum absolute atomic E-state index is 11.3. The van der Waals surface area contributed by atoms with Gasteiger partial charge in [0.2, 0.25) is 11.9 Å². The molecule has 1 aliphatic rings. The molecule has 3 heterocycles. The quantitative estimate of drug-likeness (QED) is 0.876. The van der Waals surface area contributed by atoms with Crippen LogP contribution >= 0.6 is 11.3 Å². The van der Waals surface area contributed by atoms with Crippen molar-refractivity contribution in [1.29, 1.82) is 0 Å². The van der Waals surface area contributed by atoms with Gasteiger partial charge in [0.25, 0.3) is 0 Å². The molecule has 0 aliphatic carbocycles. The molecule has 3 rings (SSSR count). The first-order valence-electron chi connectivity index (χ1n) is 6.16. The fraction of sp³-hybridized carbons (Fsp3) is 0.417. The Bertz CT molecular complexity index is 626. The third kappa shape index (κ3) is 2.10. The van der Waals surface area contributed by atoms with E-state index in [0.29, 0.717) is 12.5 Å². The molecule has 1 amide bonds. The summed E-state index contributed by atoms with van der Waals surface area (Å²) >= 11 is 1.59. The minimum absolute atomic E-state index is 0.0818. The molecule has 1 fully saturated rings. The van der Waals surface area contributed by atoms with Gasteiger partial charge in [-0.15, -0.1) is 11.3 Å². The van der Waals surface area contributed by atoms with E-state index in [9.17, 15) is 4.79 Å². The van der Waals surface area contributed by atoms with Gasteiger partial charge in [-0.05, 0) is 17.9 Å². The van der Waals surface area contributed by atoms with Crippen molar-refractivity contribution in [3.8, 4) is 0 Å². The summed E-state index contributed by atoms with van der Waals surface area (Å²) in [6.07, 6.45) is 0.792. The Morgan fingerprint density at radius 1 is 1.58 bits per heavy atom. The molecule has 0 bridgehead atoms. The monoisotopic (exact) mass is 277 g/mol. The molecule has 3 N–H and O–H groups in total. The SMILES string of the molecule is CNc1nc(N2CCC(C(N)=O)C2)c2ccsc2n1. The lowest BCUT2D eigenvalue weighted by Gasteiger charge is -2.18. The molecule has 0 radical (unpaired) electrons. The number of aromatic nitrogens is 2. The van der Waals surface area contributed by atoms with Gasteiger partial charge in [0.05, 0.1) is 11.3 Å². The van der Waals surface area contributed by atoms with E-state index in [1.54, 1.807) is 18.4 Å². The molecule has 1 unspecified atom stereocenters. The van der Waals surface area contributed by atoms with Crippen LogP contribution in [0.2, 0.25) is 0 Å². The fourth-order valence-electron chi connectivity index (χ4n) is 2.38. The normalized spacial score (nSPS) is 19.0. The third-order valence-electron chi connectivity index (χ3n) is 3.42. The number of hydrogen-bond acceptors (Lipinski definition) is 6. The van der Waals surface area contributed by atoms with Gasteiger partial charge in [-0.2, -0.15) is 4.98 Å². The van der Waals surface area contributed by atoms with Crippen LogP contribution in [0.25, 0.3) is 10.2 Å². The van der Waals surface area contributed by atoms with Crippen LogP contribution < -0.4 is 16.0 Å². The maximum atomic E-state index is 11.3. The average molecular weight is 277 g/mol. The topological polar surface area (TPSA) is 84.1 Å². The van der Waals surface area contributed by atoms with Crippen LogP contribution in [0.3, 0.4) is 0 Å². The Hall–Kier alpha value is -1.89. The number of carbonyl (C=O) groups excluding carboxylic acids is 1. The van der Waals surface area contributed by atoms with Gasteiger partial charge in [0, 0.05) is 20.1 Å². The van der Waals surface area contributed by atoms with E-state index < -0.39 is 0 Å². The van der Waals surface area contributed by atoms with Crippen molar-refractivity contribution in [3.63, 3.8) is 0 Å². The molecule has 19 heavy (non-hydrogen) atoms. The van der Waals surface area contributed by atoms with Crippen molar-refractivity contribution in [2.24, 2.45) is 11.7 Å². The maximum Gasteiger partial charge on any atom is 0.225 e. The standard InChI is InChI=1S/C12H15N5OS/c1-14-12-15-10(8-3-5-19-11(8)16-12)17-4-2-7(6-17)9(13)18/h3,5,7H,2,4,6H2,1H3,(H2,13,18)(H,14,15,16). The fourth-order valence-corrected chi connectivity index (χ4v) is 3.14. The molecule has 0 saturated carbocycles. The molecule has 100 valence electrons. The first kappa shape index (κ1) is 12.2. The predicted molar refractivity (Wildman–Crippen MR) is 76.5 cm³/mol. The Morgan fingerprint density at radius 3 is 3.11 bits per heavy atom. The smallest absolute Gasteiger partial charge is 0.225 e. The van der Waals surface area contributed by atoms with E-state index in [-0.39, 0.29) is 11.8 Å². The second-order valence-electron chi connectivity index (χ2n) is 4.59. The number of primary amides is 1. The summed E-state index contributed by atoms with van der Waals surface area (Å²) in [5, 5.41) is 6.01. The van der Waals surface area contributed by atoms with Crippen molar-refractivity contribution in [3.05, 3.63) is 11.4 Å². The molecule has 2 aromatic rings. The highest BCUT2D eigenvalue weighted by atomic mass is 32.1. The predicted octanol–water partition coefficient (Wildman–Crippen LogP) is 1.04. The Kier molecular flexibility index (Phi) is 2.98. The van der Waals surface area contributed by atoms with E-state index in [1.807, 2.05) is 11.4 Å². The van der Waals surface area contributed by atoms with Crippen molar-refractivity contribution >= 4 is 39.2 Å². The van der Waals surface area contributed by atoms with Gasteiger partial charge in [0.1, 0.15) is 10.6 Å². The van der Waals surface area contributed by atoms with Gasteiger partial charge in [-0.25, -0.2) is 4.98 Å². The van der Waals surface area contributed by atoms with E-state index in [1.165, 1.54) is 0 Å². The van der Waals surface area contributed by atoms with Crippen LogP contribution in [0.5, 0.6) is 0 Å². The molecular formula is C12H15N5OS. The summed E-state index contributed by atoms with van der Waals surface area (Å²) < 4.78 is 0. The third-order valence-corrected chi connectivity index (χ3v) is 4.23. The molecule has 2 aromatic heterocycles. The number of amides is 1. The van der Waals surface area contributed by atoms with Crippen molar-refractivity contribution in [2.45, 2.75) is 6.42 Å². The lowest BCUT2D eigenvalue weighted by Crippen LogP contribution is -2.27. The highest BCUT2D eigenvalue weighted by molar-refractivity contribution is 7.16. The molecule has 0 aromatic carbocycles. The van der Waals surface area contributed by atoms with Crippen LogP contribution in [-0.4, -0.2) is 36.0 Å². The summed E-state index contributed by atoms with van der Waals surface area (Å²) in [6.45, 7) is 1.44. The second kappa shape index (κ2) is 4.65. The first-order chi connectivity index (χ1) is 9.19. The van der Waals surface area contributed by atoms with Crippen molar-refractivity contribution < 1.29 is 4.79 Å². The molecule has 0 spiro atoms. The minimum Gasteiger partial charge on any atom is -0.369 e. The Labute approximate surface area is 114 Å². The van der Waals surface area contributed by atoms with E-state index in [0.717, 1.165) is 29.0 Å². The average Bonchev–Trinajstić information content (AvgIpc) is 3.06. The Balaban J connectivity index is 2.00. The number of fused-ring (bicyclic) bond motifs is 1. The van der Waals surface area contributed by atoms with Crippen molar-refractivity contribution in [2.75, 3.05) is 30.4 Å². The zero-order valence-corrected chi connectivity index (χ0v) is 11.4. The molecule has 1 saturated heterocycles. The number of carbonyl (C=O) groups is 1. The largest absolute Gasteiger partial charge is 0.369 e. The van der Waals surface area contributed by atoms with Gasteiger partial charge >= 0.3 is 0 Å². The summed E-state index contributed by atoms with van der Waals surface area (Å²) in [6, 6.07) is 2.02. The number of rotatable bonds is 3. The van der Waals surface area contributed by atoms with Crippen molar-refractivity contribution in [1.82, 2.24) is 9.97 Å². The second-order valence-corrected chi connectivity index (χ2v) is 5.49. The number of nitrogens with zero attached hydrogens (tertiary/aromatic N) is 3. The van der Waals surface area contributed by atoms with Gasteiger partial charge < -0.3 is 16.0 Å². The minimum atomic E-state index is -0.230. The molecule has 7 heteroatoms. The highest BCUT2D eigenvalue weighted by Gasteiger charge is 2.28. The zero-order valence-electron chi connectivity index (χ0n) is 10.6. The van der Waals surface area contributed by atoms with Crippen LogP contribution in [0.1, 0.15) is 6.42 Å². The van der Waals surface area contributed by atoms with Gasteiger partial charge in [-0.3, -0.25) is 4.79 Å². The van der Waals surface area contributed by atoms with Crippen LogP contribution in [0.15, 0.2) is 11.4 Å². The summed E-state index contributed by atoms with van der Waals surface area (Å²) in [7, 11) is 1.80. The van der Waals surface area contributed by atoms with E-state index in [2.05, 4.69) is 20.2 Å². The summed E-state index contributed by atoms with van der Waals surface area (Å²) in [4.78, 5) is 23.3. The van der Waals surface area contributed by atoms with Crippen LogP contribution in [0.4, 0.5) is 11.8 Å². The summed E-state index contributed by atoms with van der Waals surface area (Å²) in [5.41, 5.74) is 5.38. The first-order valence-corrected chi connectivity index (χ1v) is 7.04. The lowest BCUT2D eigenvalue weighted by molar-refractivity contribution is -0.121. The molecule has 1 aliphatic heterocycles. The number of anilines is 2. The highest BCUT2D eigenvalue weighted by Crippen LogP contribution is 2.32. The zero-order chi connectivity index (χ0) is 13.4.